The molecule has 2 heterocycles. The van der Waals surface area contributed by atoms with E-state index in [0.29, 0.717) is 12.6 Å². The minimum absolute atomic E-state index is 0.409. The Hall–Kier alpha value is -0.560. The first kappa shape index (κ1) is 9.97. The fraction of sp³-hybridized carbons (Fsp3) is 0.818. The van der Waals surface area contributed by atoms with Crippen LogP contribution in [0.1, 0.15) is 19.3 Å². The molecule has 0 spiro atoms. The molecule has 0 bridgehead atoms. The van der Waals surface area contributed by atoms with E-state index in [-0.39, 0.29) is 0 Å². The quantitative estimate of drug-likeness (QED) is 0.602. The Morgan fingerprint density at radius 1 is 1.29 bits per heavy atom. The monoisotopic (exact) mass is 194 g/mol. The van der Waals surface area contributed by atoms with Crippen LogP contribution in [0.5, 0.6) is 0 Å². The van der Waals surface area contributed by atoms with Gasteiger partial charge in [0.15, 0.2) is 0 Å². The highest BCUT2D eigenvalue weighted by Crippen LogP contribution is 2.20. The van der Waals surface area contributed by atoms with Gasteiger partial charge < -0.3 is 0 Å². The van der Waals surface area contributed by atoms with Gasteiger partial charge in [0.25, 0.3) is 0 Å². The molecule has 0 aromatic rings. The first-order valence-electron chi connectivity index (χ1n) is 5.45. The fourth-order valence-electron chi connectivity index (χ4n) is 2.37. The van der Waals surface area contributed by atoms with Gasteiger partial charge in [0.05, 0.1) is 0 Å². The molecule has 3 nitrogen and oxygen atoms in total. The Labute approximate surface area is 86.0 Å². The van der Waals surface area contributed by atoms with Gasteiger partial charge in [-0.15, -0.1) is 6.42 Å². The van der Waals surface area contributed by atoms with E-state index in [9.17, 15) is 0 Å². The number of rotatable bonds is 2. The van der Waals surface area contributed by atoms with E-state index < -0.39 is 0 Å². The average molecular weight is 194 g/mol. The van der Waals surface area contributed by atoms with Crippen molar-refractivity contribution in [3.05, 3.63) is 0 Å². The zero-order valence-electron chi connectivity index (χ0n) is 8.61. The van der Waals surface area contributed by atoms with Crippen LogP contribution in [0, 0.1) is 12.3 Å². The van der Waals surface area contributed by atoms with Crippen molar-refractivity contribution in [2.24, 2.45) is 0 Å². The van der Waals surface area contributed by atoms with Gasteiger partial charge in [0.1, 0.15) is 6.61 Å². The molecule has 1 unspecified atom stereocenters. The lowest BCUT2D eigenvalue weighted by molar-refractivity contribution is -0.180. The molecule has 0 aromatic heterocycles. The molecule has 0 aromatic carbocycles. The van der Waals surface area contributed by atoms with Gasteiger partial charge in [-0.2, -0.15) is 5.06 Å². The molecule has 0 amide bonds. The third-order valence-corrected chi connectivity index (χ3v) is 3.13. The second-order valence-electron chi connectivity index (χ2n) is 4.05. The number of nitrogens with zero attached hydrogens (tertiary/aromatic N) is 2. The Morgan fingerprint density at radius 2 is 2.21 bits per heavy atom. The van der Waals surface area contributed by atoms with Crippen LogP contribution in [0.15, 0.2) is 0 Å². The standard InChI is InChI=1S/C11H18N2O/c1-2-9-14-13-8-7-12-6-4-3-5-11(12)10-13/h1,11H,3-10H2. The van der Waals surface area contributed by atoms with E-state index in [0.717, 1.165) is 19.6 Å². The molecule has 1 atom stereocenters. The second-order valence-corrected chi connectivity index (χ2v) is 4.05. The summed E-state index contributed by atoms with van der Waals surface area (Å²) < 4.78 is 0. The summed E-state index contributed by atoms with van der Waals surface area (Å²) in [6.45, 7) is 4.84. The summed E-state index contributed by atoms with van der Waals surface area (Å²) in [5.41, 5.74) is 0. The fourth-order valence-corrected chi connectivity index (χ4v) is 2.37. The summed E-state index contributed by atoms with van der Waals surface area (Å²) in [4.78, 5) is 8.03. The average Bonchev–Trinajstić information content (AvgIpc) is 2.26. The largest absolute Gasteiger partial charge is 0.298 e. The molecule has 0 radical (unpaired) electrons. The van der Waals surface area contributed by atoms with Gasteiger partial charge in [-0.25, -0.2) is 0 Å². The second kappa shape index (κ2) is 4.79. The van der Waals surface area contributed by atoms with Gasteiger partial charge in [0.2, 0.25) is 0 Å². The van der Waals surface area contributed by atoms with Crippen LogP contribution < -0.4 is 0 Å². The number of piperidine rings is 1. The molecule has 0 N–H and O–H groups in total. The molecular formula is C11H18N2O. The predicted molar refractivity (Wildman–Crippen MR) is 55.6 cm³/mol. The molecule has 78 valence electrons. The SMILES string of the molecule is C#CCON1CCN2CCCCC2C1. The summed E-state index contributed by atoms with van der Waals surface area (Å²) in [5, 5.41) is 2.03. The van der Waals surface area contributed by atoms with Gasteiger partial charge in [-0.05, 0) is 19.4 Å². The number of terminal acetylenes is 1. The van der Waals surface area contributed by atoms with Crippen molar-refractivity contribution < 1.29 is 4.84 Å². The summed E-state index contributed by atoms with van der Waals surface area (Å²) in [7, 11) is 0. The van der Waals surface area contributed by atoms with Gasteiger partial charge in [-0.1, -0.05) is 12.3 Å². The number of hydroxylamine groups is 2. The Morgan fingerprint density at radius 3 is 3.07 bits per heavy atom. The number of hydrogen-bond acceptors (Lipinski definition) is 3. The minimum atomic E-state index is 0.409. The van der Waals surface area contributed by atoms with Crippen molar-refractivity contribution in [2.75, 3.05) is 32.8 Å². The zero-order chi connectivity index (χ0) is 9.80. The molecule has 14 heavy (non-hydrogen) atoms. The molecule has 2 fully saturated rings. The molecule has 0 aliphatic carbocycles. The highest BCUT2D eigenvalue weighted by molar-refractivity contribution is 4.85. The lowest BCUT2D eigenvalue weighted by Crippen LogP contribution is -2.54. The van der Waals surface area contributed by atoms with E-state index in [4.69, 9.17) is 11.3 Å². The number of hydrogen-bond donors (Lipinski definition) is 0. The van der Waals surface area contributed by atoms with Crippen molar-refractivity contribution >= 4 is 0 Å². The lowest BCUT2D eigenvalue weighted by Gasteiger charge is -2.43. The smallest absolute Gasteiger partial charge is 0.129 e. The molecule has 2 saturated heterocycles. The summed E-state index contributed by atoms with van der Waals surface area (Å²) in [6.07, 6.45) is 9.21. The van der Waals surface area contributed by atoms with Crippen LogP contribution in [0.25, 0.3) is 0 Å². The van der Waals surface area contributed by atoms with Crippen LogP contribution in [0.4, 0.5) is 0 Å². The van der Waals surface area contributed by atoms with Gasteiger partial charge >= 0.3 is 0 Å². The highest BCUT2D eigenvalue weighted by atomic mass is 16.7. The normalized spacial score (nSPS) is 29.5. The van der Waals surface area contributed by atoms with Crippen LogP contribution in [0.3, 0.4) is 0 Å². The van der Waals surface area contributed by atoms with Crippen LogP contribution in [-0.4, -0.2) is 48.8 Å². The van der Waals surface area contributed by atoms with Crippen molar-refractivity contribution in [3.63, 3.8) is 0 Å². The van der Waals surface area contributed by atoms with E-state index in [1.54, 1.807) is 0 Å². The van der Waals surface area contributed by atoms with Crippen molar-refractivity contribution in [1.29, 1.82) is 0 Å². The third-order valence-electron chi connectivity index (χ3n) is 3.13. The van der Waals surface area contributed by atoms with E-state index >= 15 is 0 Å². The summed E-state index contributed by atoms with van der Waals surface area (Å²) in [6, 6.07) is 0.704. The first-order valence-corrected chi connectivity index (χ1v) is 5.45. The van der Waals surface area contributed by atoms with E-state index in [1.807, 2.05) is 5.06 Å². The van der Waals surface area contributed by atoms with Crippen molar-refractivity contribution in [3.8, 4) is 12.3 Å². The maximum Gasteiger partial charge on any atom is 0.129 e. The summed E-state index contributed by atoms with van der Waals surface area (Å²) in [5.74, 6) is 2.51. The van der Waals surface area contributed by atoms with E-state index in [1.165, 1.54) is 25.8 Å². The molecule has 3 heteroatoms. The van der Waals surface area contributed by atoms with Crippen LogP contribution >= 0.6 is 0 Å². The van der Waals surface area contributed by atoms with Gasteiger partial charge in [0, 0.05) is 25.7 Å². The highest BCUT2D eigenvalue weighted by Gasteiger charge is 2.28. The minimum Gasteiger partial charge on any atom is -0.298 e. The molecule has 2 aliphatic heterocycles. The zero-order valence-corrected chi connectivity index (χ0v) is 8.61. The van der Waals surface area contributed by atoms with E-state index in [2.05, 4.69) is 10.8 Å². The molecule has 2 aliphatic rings. The Bertz CT molecular complexity index is 224. The number of fused-ring (bicyclic) bond motifs is 1. The maximum atomic E-state index is 5.45. The molecule has 2 rings (SSSR count). The molecular weight excluding hydrogens is 176 g/mol. The molecule has 0 saturated carbocycles. The van der Waals surface area contributed by atoms with Crippen LogP contribution in [-0.2, 0) is 4.84 Å². The van der Waals surface area contributed by atoms with Crippen molar-refractivity contribution in [2.45, 2.75) is 25.3 Å². The number of piperazine rings is 1. The predicted octanol–water partition coefficient (Wildman–Crippen LogP) is 0.721. The Balaban J connectivity index is 1.81. The summed E-state index contributed by atoms with van der Waals surface area (Å²) >= 11 is 0. The lowest BCUT2D eigenvalue weighted by atomic mass is 10.0. The third kappa shape index (κ3) is 2.27. The van der Waals surface area contributed by atoms with Crippen LogP contribution in [0.2, 0.25) is 0 Å². The maximum absolute atomic E-state index is 5.45. The Kier molecular flexibility index (Phi) is 3.41. The first-order chi connectivity index (χ1) is 6.90. The van der Waals surface area contributed by atoms with Gasteiger partial charge in [-0.3, -0.25) is 9.74 Å². The van der Waals surface area contributed by atoms with Crippen molar-refractivity contribution in [1.82, 2.24) is 9.96 Å². The topological polar surface area (TPSA) is 15.7 Å².